The molecule has 3 N–H and O–H groups in total. The summed E-state index contributed by atoms with van der Waals surface area (Å²) in [6.45, 7) is 6.36. The van der Waals surface area contributed by atoms with Gasteiger partial charge >= 0.3 is 0 Å². The second-order valence-electron chi connectivity index (χ2n) is 5.12. The van der Waals surface area contributed by atoms with Gasteiger partial charge in [0.05, 0.1) is 18.2 Å². The number of aryl methyl sites for hydroxylation is 2. The van der Waals surface area contributed by atoms with E-state index < -0.39 is 0 Å². The van der Waals surface area contributed by atoms with Crippen molar-refractivity contribution in [3.05, 3.63) is 58.5 Å². The van der Waals surface area contributed by atoms with Crippen LogP contribution in [0.4, 0.5) is 0 Å². The van der Waals surface area contributed by atoms with Crippen molar-refractivity contribution in [1.29, 1.82) is 0 Å². The molecule has 1 aromatic heterocycles. The van der Waals surface area contributed by atoms with Gasteiger partial charge in [-0.1, -0.05) is 29.3 Å². The van der Waals surface area contributed by atoms with Gasteiger partial charge in [0, 0.05) is 0 Å². The predicted octanol–water partition coefficient (Wildman–Crippen LogP) is 3.27. The van der Waals surface area contributed by atoms with Gasteiger partial charge in [0.25, 0.3) is 5.91 Å². The molecule has 1 unspecified atom stereocenters. The van der Waals surface area contributed by atoms with Crippen LogP contribution in [0.2, 0.25) is 0 Å². The SMILES string of the molecule is Cc1cc(C)cc(C(C)NC(=O)c2coc(CN)c2)c1.Cl. The Morgan fingerprint density at radius 2 is 1.86 bits per heavy atom. The molecule has 1 amide bonds. The molecule has 0 radical (unpaired) electrons. The Balaban J connectivity index is 0.00000220. The Kier molecular flexibility index (Phi) is 6.00. The first-order valence-electron chi connectivity index (χ1n) is 6.66. The maximum atomic E-state index is 12.1. The highest BCUT2D eigenvalue weighted by Crippen LogP contribution is 2.17. The van der Waals surface area contributed by atoms with E-state index in [1.54, 1.807) is 6.07 Å². The van der Waals surface area contributed by atoms with E-state index in [1.807, 2.05) is 6.92 Å². The molecule has 0 aliphatic carbocycles. The van der Waals surface area contributed by atoms with E-state index in [-0.39, 0.29) is 24.4 Å². The summed E-state index contributed by atoms with van der Waals surface area (Å²) >= 11 is 0. The molecular formula is C16H21ClN2O2. The molecule has 0 aliphatic rings. The second-order valence-corrected chi connectivity index (χ2v) is 5.12. The lowest BCUT2D eigenvalue weighted by Crippen LogP contribution is -2.26. The summed E-state index contributed by atoms with van der Waals surface area (Å²) < 4.78 is 5.17. The number of nitrogens with one attached hydrogen (secondary N) is 1. The molecule has 4 nitrogen and oxygen atoms in total. The quantitative estimate of drug-likeness (QED) is 0.911. The molecule has 0 bridgehead atoms. The molecule has 114 valence electrons. The zero-order valence-electron chi connectivity index (χ0n) is 12.5. The molecule has 2 aromatic rings. The highest BCUT2D eigenvalue weighted by molar-refractivity contribution is 5.94. The number of halogens is 1. The smallest absolute Gasteiger partial charge is 0.255 e. The number of benzene rings is 1. The van der Waals surface area contributed by atoms with E-state index in [1.165, 1.54) is 17.4 Å². The monoisotopic (exact) mass is 308 g/mol. The third-order valence-corrected chi connectivity index (χ3v) is 3.21. The molecule has 5 heteroatoms. The minimum Gasteiger partial charge on any atom is -0.467 e. The Morgan fingerprint density at radius 1 is 1.24 bits per heavy atom. The van der Waals surface area contributed by atoms with E-state index in [0.717, 1.165) is 5.56 Å². The summed E-state index contributed by atoms with van der Waals surface area (Å²) in [5, 5.41) is 2.96. The minimum atomic E-state index is -0.153. The van der Waals surface area contributed by atoms with Gasteiger partial charge < -0.3 is 15.5 Å². The van der Waals surface area contributed by atoms with Crippen molar-refractivity contribution in [3.8, 4) is 0 Å². The number of carbonyl (C=O) groups is 1. The van der Waals surface area contributed by atoms with Crippen LogP contribution in [-0.4, -0.2) is 5.91 Å². The summed E-state index contributed by atoms with van der Waals surface area (Å²) in [5.41, 5.74) is 9.44. The fourth-order valence-electron chi connectivity index (χ4n) is 2.23. The fourth-order valence-corrected chi connectivity index (χ4v) is 2.23. The number of hydrogen-bond donors (Lipinski definition) is 2. The van der Waals surface area contributed by atoms with Crippen LogP contribution < -0.4 is 11.1 Å². The molecule has 21 heavy (non-hydrogen) atoms. The lowest BCUT2D eigenvalue weighted by molar-refractivity contribution is 0.0939. The largest absolute Gasteiger partial charge is 0.467 e. The molecule has 1 aromatic carbocycles. The van der Waals surface area contributed by atoms with Gasteiger partial charge in [0.2, 0.25) is 0 Å². The summed E-state index contributed by atoms with van der Waals surface area (Å²) in [6.07, 6.45) is 1.44. The van der Waals surface area contributed by atoms with Crippen LogP contribution in [0.25, 0.3) is 0 Å². The topological polar surface area (TPSA) is 68.3 Å². The zero-order valence-corrected chi connectivity index (χ0v) is 13.3. The van der Waals surface area contributed by atoms with Gasteiger partial charge in [-0.2, -0.15) is 0 Å². The van der Waals surface area contributed by atoms with Crippen LogP contribution >= 0.6 is 12.4 Å². The predicted molar refractivity (Wildman–Crippen MR) is 85.6 cm³/mol. The van der Waals surface area contributed by atoms with E-state index in [4.69, 9.17) is 10.2 Å². The molecule has 1 heterocycles. The number of hydrogen-bond acceptors (Lipinski definition) is 3. The summed E-state index contributed by atoms with van der Waals surface area (Å²) in [7, 11) is 0. The molecular weight excluding hydrogens is 288 g/mol. The van der Waals surface area contributed by atoms with E-state index in [0.29, 0.717) is 17.9 Å². The van der Waals surface area contributed by atoms with Gasteiger partial charge in [-0.3, -0.25) is 4.79 Å². The van der Waals surface area contributed by atoms with Crippen molar-refractivity contribution in [2.24, 2.45) is 5.73 Å². The van der Waals surface area contributed by atoms with Crippen molar-refractivity contribution in [2.45, 2.75) is 33.4 Å². The van der Waals surface area contributed by atoms with Crippen LogP contribution in [0.15, 0.2) is 34.9 Å². The highest BCUT2D eigenvalue weighted by Gasteiger charge is 2.14. The van der Waals surface area contributed by atoms with Crippen LogP contribution in [0.3, 0.4) is 0 Å². The van der Waals surface area contributed by atoms with Gasteiger partial charge in [-0.05, 0) is 32.4 Å². The summed E-state index contributed by atoms with van der Waals surface area (Å²) in [5.74, 6) is 0.453. The molecule has 0 saturated heterocycles. The fraction of sp³-hybridized carbons (Fsp3) is 0.312. The molecule has 1 atom stereocenters. The maximum absolute atomic E-state index is 12.1. The molecule has 0 aliphatic heterocycles. The van der Waals surface area contributed by atoms with Gasteiger partial charge in [-0.15, -0.1) is 12.4 Å². The first-order chi connectivity index (χ1) is 9.49. The number of nitrogens with two attached hydrogens (primary N) is 1. The summed E-state index contributed by atoms with van der Waals surface area (Å²) in [4.78, 5) is 12.1. The minimum absolute atomic E-state index is 0. The van der Waals surface area contributed by atoms with Crippen LogP contribution in [0.1, 0.15) is 45.8 Å². The zero-order chi connectivity index (χ0) is 14.7. The molecule has 0 saturated carbocycles. The second kappa shape index (κ2) is 7.29. The maximum Gasteiger partial charge on any atom is 0.255 e. The van der Waals surface area contributed by atoms with Crippen molar-refractivity contribution in [3.63, 3.8) is 0 Å². The van der Waals surface area contributed by atoms with Gasteiger partial charge in [0.1, 0.15) is 12.0 Å². The van der Waals surface area contributed by atoms with Gasteiger partial charge in [-0.25, -0.2) is 0 Å². The third kappa shape index (κ3) is 4.34. The van der Waals surface area contributed by atoms with Crippen LogP contribution in [0, 0.1) is 13.8 Å². The van der Waals surface area contributed by atoms with Crippen LogP contribution in [0.5, 0.6) is 0 Å². The average Bonchev–Trinajstić information content (AvgIpc) is 2.86. The average molecular weight is 309 g/mol. The third-order valence-electron chi connectivity index (χ3n) is 3.21. The lowest BCUT2D eigenvalue weighted by atomic mass is 10.0. The standard InChI is InChI=1S/C16H20N2O2.ClH/c1-10-4-11(2)6-13(5-10)12(3)18-16(19)14-7-15(8-17)20-9-14;/h4-7,9,12H,8,17H2,1-3H3,(H,18,19);1H. The number of carbonyl (C=O) groups excluding carboxylic acids is 1. The van der Waals surface area contributed by atoms with Crippen molar-refractivity contribution in [2.75, 3.05) is 0 Å². The Morgan fingerprint density at radius 3 is 2.38 bits per heavy atom. The van der Waals surface area contributed by atoms with Crippen molar-refractivity contribution in [1.82, 2.24) is 5.32 Å². The normalized spacial score (nSPS) is 11.6. The molecule has 0 fully saturated rings. The number of amides is 1. The lowest BCUT2D eigenvalue weighted by Gasteiger charge is -2.15. The van der Waals surface area contributed by atoms with Gasteiger partial charge in [0.15, 0.2) is 0 Å². The van der Waals surface area contributed by atoms with Crippen LogP contribution in [-0.2, 0) is 6.54 Å². The summed E-state index contributed by atoms with van der Waals surface area (Å²) in [6, 6.07) is 7.89. The van der Waals surface area contributed by atoms with E-state index in [2.05, 4.69) is 37.4 Å². The molecule has 0 spiro atoms. The van der Waals surface area contributed by atoms with E-state index >= 15 is 0 Å². The Bertz CT molecular complexity index is 602. The molecule has 2 rings (SSSR count). The first kappa shape index (κ1) is 17.3. The number of furan rings is 1. The number of rotatable bonds is 4. The Hall–Kier alpha value is -1.78. The van der Waals surface area contributed by atoms with Crippen molar-refractivity contribution < 1.29 is 9.21 Å². The Labute approximate surface area is 131 Å². The van der Waals surface area contributed by atoms with E-state index in [9.17, 15) is 4.79 Å². The van der Waals surface area contributed by atoms with Crippen molar-refractivity contribution >= 4 is 18.3 Å². The first-order valence-corrected chi connectivity index (χ1v) is 6.66. The highest BCUT2D eigenvalue weighted by atomic mass is 35.5.